The van der Waals surface area contributed by atoms with Crippen LogP contribution in [-0.4, -0.2) is 44.8 Å². The highest BCUT2D eigenvalue weighted by Gasteiger charge is 2.20. The topological polar surface area (TPSA) is 80.9 Å². The van der Waals surface area contributed by atoms with Gasteiger partial charge in [-0.1, -0.05) is 0 Å². The molecule has 84 valence electrons. The maximum absolute atomic E-state index is 9.45. The van der Waals surface area contributed by atoms with Crippen molar-refractivity contribution >= 4 is 0 Å². The predicted molar refractivity (Wildman–Crippen MR) is 51.7 cm³/mol. The van der Waals surface area contributed by atoms with Crippen molar-refractivity contribution in [1.82, 2.24) is 0 Å². The molecule has 0 aromatic carbocycles. The molecule has 0 amide bonds. The standard InChI is InChI=1S/C10H20O4/c11-7-1-2-8(12)6-10(14)4-3-9(13)5-7/h7-14H,1-6H2. The van der Waals surface area contributed by atoms with E-state index >= 15 is 0 Å². The van der Waals surface area contributed by atoms with Gasteiger partial charge in [0, 0.05) is 0 Å². The van der Waals surface area contributed by atoms with E-state index in [1.54, 1.807) is 0 Å². The highest BCUT2D eigenvalue weighted by atomic mass is 16.3. The Kier molecular flexibility index (Phi) is 4.81. The van der Waals surface area contributed by atoms with Gasteiger partial charge >= 0.3 is 0 Å². The fourth-order valence-electron chi connectivity index (χ4n) is 1.87. The molecule has 1 rings (SSSR count). The molecular formula is C10H20O4. The van der Waals surface area contributed by atoms with Gasteiger partial charge in [-0.15, -0.1) is 0 Å². The van der Waals surface area contributed by atoms with Crippen molar-refractivity contribution in [2.24, 2.45) is 0 Å². The van der Waals surface area contributed by atoms with E-state index in [-0.39, 0.29) is 0 Å². The average molecular weight is 204 g/mol. The van der Waals surface area contributed by atoms with Crippen molar-refractivity contribution in [3.63, 3.8) is 0 Å². The van der Waals surface area contributed by atoms with Crippen molar-refractivity contribution in [2.75, 3.05) is 0 Å². The molecule has 4 nitrogen and oxygen atoms in total. The van der Waals surface area contributed by atoms with E-state index in [4.69, 9.17) is 0 Å². The third kappa shape index (κ3) is 4.37. The minimum atomic E-state index is -0.533. The first kappa shape index (κ1) is 11.9. The lowest BCUT2D eigenvalue weighted by atomic mass is 9.94. The molecule has 0 radical (unpaired) electrons. The van der Waals surface area contributed by atoms with E-state index in [0.717, 1.165) is 0 Å². The summed E-state index contributed by atoms with van der Waals surface area (Å²) >= 11 is 0. The Bertz CT molecular complexity index is 128. The molecular weight excluding hydrogens is 184 g/mol. The molecule has 1 fully saturated rings. The number of aliphatic hydroxyl groups is 4. The van der Waals surface area contributed by atoms with E-state index in [1.165, 1.54) is 0 Å². The second-order valence-corrected chi connectivity index (χ2v) is 4.24. The SMILES string of the molecule is OC1CCC(O)CC(O)CCC(O)C1. The highest BCUT2D eigenvalue weighted by Crippen LogP contribution is 2.18. The first-order chi connectivity index (χ1) is 6.58. The van der Waals surface area contributed by atoms with Crippen molar-refractivity contribution in [2.45, 2.75) is 62.9 Å². The number of hydrogen-bond donors (Lipinski definition) is 4. The number of rotatable bonds is 0. The lowest BCUT2D eigenvalue weighted by molar-refractivity contribution is 0.0169. The van der Waals surface area contributed by atoms with Gasteiger partial charge in [0.15, 0.2) is 0 Å². The monoisotopic (exact) mass is 204 g/mol. The van der Waals surface area contributed by atoms with Gasteiger partial charge in [-0.25, -0.2) is 0 Å². The van der Waals surface area contributed by atoms with Crippen LogP contribution in [0.5, 0.6) is 0 Å². The van der Waals surface area contributed by atoms with Crippen LogP contribution < -0.4 is 0 Å². The first-order valence-electron chi connectivity index (χ1n) is 5.30. The van der Waals surface area contributed by atoms with Gasteiger partial charge in [0.2, 0.25) is 0 Å². The first-order valence-corrected chi connectivity index (χ1v) is 5.30. The molecule has 1 saturated carbocycles. The molecule has 4 atom stereocenters. The molecule has 14 heavy (non-hydrogen) atoms. The van der Waals surface area contributed by atoms with Gasteiger partial charge < -0.3 is 20.4 Å². The summed E-state index contributed by atoms with van der Waals surface area (Å²) in [5, 5.41) is 37.8. The molecule has 0 aromatic heterocycles. The normalized spacial score (nSPS) is 42.0. The van der Waals surface area contributed by atoms with Crippen LogP contribution in [-0.2, 0) is 0 Å². The minimum absolute atomic E-state index is 0.347. The van der Waals surface area contributed by atoms with Crippen LogP contribution in [0.1, 0.15) is 38.5 Å². The summed E-state index contributed by atoms with van der Waals surface area (Å²) in [4.78, 5) is 0. The quantitative estimate of drug-likeness (QED) is 0.440. The molecule has 0 saturated heterocycles. The summed E-state index contributed by atoms with van der Waals surface area (Å²) in [5.74, 6) is 0. The van der Waals surface area contributed by atoms with E-state index in [9.17, 15) is 20.4 Å². The van der Waals surface area contributed by atoms with E-state index in [2.05, 4.69) is 0 Å². The molecule has 0 spiro atoms. The lowest BCUT2D eigenvalue weighted by Gasteiger charge is -2.22. The van der Waals surface area contributed by atoms with Crippen molar-refractivity contribution < 1.29 is 20.4 Å². The highest BCUT2D eigenvalue weighted by molar-refractivity contribution is 4.72. The van der Waals surface area contributed by atoms with Crippen molar-refractivity contribution in [3.05, 3.63) is 0 Å². The summed E-state index contributed by atoms with van der Waals surface area (Å²) in [7, 11) is 0. The van der Waals surface area contributed by atoms with Crippen molar-refractivity contribution in [3.8, 4) is 0 Å². The van der Waals surface area contributed by atoms with Gasteiger partial charge in [0.25, 0.3) is 0 Å². The van der Waals surface area contributed by atoms with Gasteiger partial charge in [0.05, 0.1) is 24.4 Å². The van der Waals surface area contributed by atoms with Crippen LogP contribution in [0.2, 0.25) is 0 Å². The smallest absolute Gasteiger partial charge is 0.0565 e. The molecule has 0 aliphatic heterocycles. The Morgan fingerprint density at radius 2 is 0.714 bits per heavy atom. The van der Waals surface area contributed by atoms with E-state index in [1.807, 2.05) is 0 Å². The Morgan fingerprint density at radius 1 is 0.500 bits per heavy atom. The summed E-state index contributed by atoms with van der Waals surface area (Å²) in [5.41, 5.74) is 0. The van der Waals surface area contributed by atoms with Crippen molar-refractivity contribution in [1.29, 1.82) is 0 Å². The molecule has 0 heterocycles. The van der Waals surface area contributed by atoms with Crippen LogP contribution in [0.15, 0.2) is 0 Å². The zero-order chi connectivity index (χ0) is 10.6. The average Bonchev–Trinajstić information content (AvgIpc) is 2.11. The molecule has 4 heteroatoms. The Hall–Kier alpha value is -0.160. The molecule has 4 unspecified atom stereocenters. The lowest BCUT2D eigenvalue weighted by Crippen LogP contribution is -2.26. The summed E-state index contributed by atoms with van der Waals surface area (Å²) < 4.78 is 0. The number of aliphatic hydroxyl groups excluding tert-OH is 4. The van der Waals surface area contributed by atoms with Crippen LogP contribution in [0.4, 0.5) is 0 Å². The molecule has 0 aromatic rings. The second-order valence-electron chi connectivity index (χ2n) is 4.24. The Morgan fingerprint density at radius 3 is 0.929 bits per heavy atom. The van der Waals surface area contributed by atoms with Gasteiger partial charge in [-0.05, 0) is 38.5 Å². The van der Waals surface area contributed by atoms with Gasteiger partial charge in [0.1, 0.15) is 0 Å². The second kappa shape index (κ2) is 5.66. The maximum atomic E-state index is 9.45. The molecule has 1 aliphatic rings. The van der Waals surface area contributed by atoms with Gasteiger partial charge in [-0.2, -0.15) is 0 Å². The summed E-state index contributed by atoms with van der Waals surface area (Å²) in [6.07, 6.45) is 0.527. The van der Waals surface area contributed by atoms with Crippen LogP contribution >= 0.6 is 0 Å². The van der Waals surface area contributed by atoms with E-state index < -0.39 is 24.4 Å². The predicted octanol–water partition coefficient (Wildman–Crippen LogP) is -0.216. The zero-order valence-electron chi connectivity index (χ0n) is 8.34. The fourth-order valence-corrected chi connectivity index (χ4v) is 1.87. The molecule has 1 aliphatic carbocycles. The van der Waals surface area contributed by atoms with Crippen LogP contribution in [0.3, 0.4) is 0 Å². The minimum Gasteiger partial charge on any atom is -0.393 e. The van der Waals surface area contributed by atoms with Gasteiger partial charge in [-0.3, -0.25) is 0 Å². The Balaban J connectivity index is 2.42. The number of hydrogen-bond acceptors (Lipinski definition) is 4. The Labute approximate surface area is 84.2 Å². The van der Waals surface area contributed by atoms with E-state index in [0.29, 0.717) is 38.5 Å². The van der Waals surface area contributed by atoms with Crippen LogP contribution in [0, 0.1) is 0 Å². The summed E-state index contributed by atoms with van der Waals surface area (Å²) in [6.45, 7) is 0. The zero-order valence-corrected chi connectivity index (χ0v) is 8.34. The largest absolute Gasteiger partial charge is 0.393 e. The third-order valence-corrected chi connectivity index (χ3v) is 2.75. The molecule has 4 N–H and O–H groups in total. The third-order valence-electron chi connectivity index (χ3n) is 2.75. The summed E-state index contributed by atoms with van der Waals surface area (Å²) in [6, 6.07) is 0. The fraction of sp³-hybridized carbons (Fsp3) is 1.00. The maximum Gasteiger partial charge on any atom is 0.0565 e. The molecule has 0 bridgehead atoms. The van der Waals surface area contributed by atoms with Crippen LogP contribution in [0.25, 0.3) is 0 Å².